The van der Waals surface area contributed by atoms with Gasteiger partial charge in [-0.2, -0.15) is 9.49 Å². The largest absolute Gasteiger partial charge is 0.385 e. The number of amides is 1. The molecule has 0 fully saturated rings. The second kappa shape index (κ2) is 7.13. The van der Waals surface area contributed by atoms with Crippen LogP contribution < -0.4 is 5.32 Å². The number of rotatable bonds is 6. The van der Waals surface area contributed by atoms with Gasteiger partial charge < -0.3 is 10.4 Å². The molecule has 0 saturated carbocycles. The number of hydrogen-bond acceptors (Lipinski definition) is 3. The van der Waals surface area contributed by atoms with Crippen LogP contribution >= 0.6 is 0 Å². The van der Waals surface area contributed by atoms with Gasteiger partial charge in [0.2, 0.25) is 5.95 Å². The zero-order chi connectivity index (χ0) is 17.9. The molecule has 1 atom stereocenters. The van der Waals surface area contributed by atoms with Crippen molar-refractivity contribution in [2.45, 2.75) is 45.6 Å². The zero-order valence-electron chi connectivity index (χ0n) is 14.6. The van der Waals surface area contributed by atoms with E-state index in [1.165, 1.54) is 7.05 Å². The lowest BCUT2D eigenvalue weighted by atomic mass is 9.85. The number of benzene rings is 1. The number of nitrogens with zero attached hydrogens (tertiary/aromatic N) is 2. The Bertz CT molecular complexity index is 742. The van der Waals surface area contributed by atoms with Crippen LogP contribution in [0, 0.1) is 12.9 Å². The molecule has 1 heterocycles. The number of nitrogens with one attached hydrogen (secondary N) is 1. The number of para-hydroxylation sites is 1. The van der Waals surface area contributed by atoms with Crippen LogP contribution in [-0.4, -0.2) is 20.8 Å². The highest BCUT2D eigenvalue weighted by Gasteiger charge is 2.30. The van der Waals surface area contributed by atoms with Gasteiger partial charge in [-0.05, 0) is 25.8 Å². The van der Waals surface area contributed by atoms with Gasteiger partial charge in [-0.1, -0.05) is 38.5 Å². The molecule has 130 valence electrons. The number of aryl methyl sites for hydroxylation is 2. The first-order valence-electron chi connectivity index (χ1n) is 8.16. The lowest BCUT2D eigenvalue weighted by Crippen LogP contribution is -2.27. The minimum absolute atomic E-state index is 0.0807. The molecule has 2 N–H and O–H groups in total. The Balaban J connectivity index is 2.39. The summed E-state index contributed by atoms with van der Waals surface area (Å²) in [5, 5.41) is 17.6. The Hall–Kier alpha value is -2.21. The van der Waals surface area contributed by atoms with E-state index in [0.29, 0.717) is 29.8 Å². The van der Waals surface area contributed by atoms with E-state index < -0.39 is 17.5 Å². The minimum Gasteiger partial charge on any atom is -0.385 e. The maximum absolute atomic E-state index is 14.1. The van der Waals surface area contributed by atoms with Crippen LogP contribution in [0.15, 0.2) is 24.3 Å². The molecule has 5 nitrogen and oxygen atoms in total. The van der Waals surface area contributed by atoms with Gasteiger partial charge in [0.25, 0.3) is 5.91 Å². The normalized spacial score (nSPS) is 13.6. The van der Waals surface area contributed by atoms with Crippen LogP contribution in [0.4, 0.5) is 10.1 Å². The van der Waals surface area contributed by atoms with Crippen LogP contribution in [0.5, 0.6) is 0 Å². The Labute approximate surface area is 141 Å². The summed E-state index contributed by atoms with van der Waals surface area (Å²) < 4.78 is 15.1. The molecule has 0 aliphatic carbocycles. The van der Waals surface area contributed by atoms with Gasteiger partial charge in [0.1, 0.15) is 5.56 Å². The first-order chi connectivity index (χ1) is 11.3. The molecule has 2 aromatic rings. The van der Waals surface area contributed by atoms with Gasteiger partial charge in [0.15, 0.2) is 0 Å². The minimum atomic E-state index is -1.03. The number of halogens is 1. The van der Waals surface area contributed by atoms with Gasteiger partial charge in [0, 0.05) is 18.3 Å². The van der Waals surface area contributed by atoms with Crippen molar-refractivity contribution in [1.29, 1.82) is 0 Å². The number of hydrogen-bond donors (Lipinski definition) is 2. The number of aromatic nitrogens is 2. The van der Waals surface area contributed by atoms with Crippen LogP contribution in [0.2, 0.25) is 0 Å². The molecule has 6 heteroatoms. The molecule has 2 rings (SSSR count). The average molecular weight is 333 g/mol. The van der Waals surface area contributed by atoms with Gasteiger partial charge in [-0.25, -0.2) is 4.68 Å². The highest BCUT2D eigenvalue weighted by atomic mass is 19.1. The summed E-state index contributed by atoms with van der Waals surface area (Å²) in [6, 6.07) is 7.10. The summed E-state index contributed by atoms with van der Waals surface area (Å²) in [6.07, 6.45) is 1.91. The quantitative estimate of drug-likeness (QED) is 0.850. The molecule has 0 saturated heterocycles. The van der Waals surface area contributed by atoms with Crippen LogP contribution in [0.25, 0.3) is 0 Å². The topological polar surface area (TPSA) is 67.2 Å². The Morgan fingerprint density at radius 3 is 2.58 bits per heavy atom. The summed E-state index contributed by atoms with van der Waals surface area (Å²) in [5.41, 5.74) is 0.348. The predicted molar refractivity (Wildman–Crippen MR) is 91.4 cm³/mol. The fourth-order valence-corrected chi connectivity index (χ4v) is 2.99. The Kier molecular flexibility index (Phi) is 5.39. The van der Waals surface area contributed by atoms with Crippen molar-refractivity contribution in [3.05, 3.63) is 47.0 Å². The number of carbonyl (C=O) groups is 1. The molecular formula is C18H24FN3O2. The van der Waals surface area contributed by atoms with E-state index in [2.05, 4.69) is 10.4 Å². The Morgan fingerprint density at radius 1 is 1.38 bits per heavy atom. The van der Waals surface area contributed by atoms with E-state index in [1.807, 2.05) is 19.9 Å². The van der Waals surface area contributed by atoms with Gasteiger partial charge in [-0.3, -0.25) is 4.79 Å². The van der Waals surface area contributed by atoms with Crippen molar-refractivity contribution in [2.75, 3.05) is 5.32 Å². The number of carbonyl (C=O) groups excluding carboxylic acids is 1. The molecule has 1 aromatic carbocycles. The summed E-state index contributed by atoms with van der Waals surface area (Å²) in [4.78, 5) is 12.5. The van der Waals surface area contributed by atoms with Gasteiger partial charge >= 0.3 is 0 Å². The number of anilines is 1. The van der Waals surface area contributed by atoms with E-state index in [4.69, 9.17) is 0 Å². The second-order valence-corrected chi connectivity index (χ2v) is 6.01. The van der Waals surface area contributed by atoms with Crippen molar-refractivity contribution < 1.29 is 14.3 Å². The Morgan fingerprint density at radius 2 is 2.04 bits per heavy atom. The van der Waals surface area contributed by atoms with Gasteiger partial charge in [0.05, 0.1) is 11.3 Å². The maximum atomic E-state index is 14.1. The maximum Gasteiger partial charge on any atom is 0.262 e. The van der Waals surface area contributed by atoms with E-state index in [9.17, 15) is 14.3 Å². The third-order valence-corrected chi connectivity index (χ3v) is 4.30. The summed E-state index contributed by atoms with van der Waals surface area (Å²) in [5.74, 6) is -1.25. The van der Waals surface area contributed by atoms with Crippen LogP contribution in [-0.2, 0) is 12.6 Å². The average Bonchev–Trinajstić information content (AvgIpc) is 2.80. The lowest BCUT2D eigenvalue weighted by Gasteiger charge is -2.29. The highest BCUT2D eigenvalue weighted by Crippen LogP contribution is 2.35. The second-order valence-electron chi connectivity index (χ2n) is 6.01. The van der Waals surface area contributed by atoms with Crippen LogP contribution in [0.1, 0.15) is 54.7 Å². The lowest BCUT2D eigenvalue weighted by molar-refractivity contribution is 0.0233. The third kappa shape index (κ3) is 3.33. The molecule has 1 amide bonds. The van der Waals surface area contributed by atoms with Crippen molar-refractivity contribution >= 4 is 11.6 Å². The molecule has 1 unspecified atom stereocenters. The monoisotopic (exact) mass is 333 g/mol. The van der Waals surface area contributed by atoms with Crippen LogP contribution in [0.3, 0.4) is 0 Å². The SMILES string of the molecule is CCCC(O)(CC)c1ccccc1NC(=O)c1c(C)nn(C)c1F. The predicted octanol–water partition coefficient (Wildman–Crippen LogP) is 3.52. The standard InChI is InChI=1S/C18H24FN3O2/c1-5-11-18(24,6-2)13-9-7-8-10-14(13)20-17(23)15-12(3)21-22(4)16(15)19/h7-10,24H,5-6,11H2,1-4H3,(H,20,23). The fraction of sp³-hybridized carbons (Fsp3) is 0.444. The molecule has 0 aliphatic heterocycles. The van der Waals surface area contributed by atoms with E-state index in [1.54, 1.807) is 25.1 Å². The smallest absolute Gasteiger partial charge is 0.262 e. The molecule has 0 aliphatic rings. The van der Waals surface area contributed by atoms with Crippen molar-refractivity contribution in [2.24, 2.45) is 7.05 Å². The van der Waals surface area contributed by atoms with Crippen molar-refractivity contribution in [3.63, 3.8) is 0 Å². The van der Waals surface area contributed by atoms with Crippen molar-refractivity contribution in [3.8, 4) is 0 Å². The summed E-state index contributed by atoms with van der Waals surface area (Å²) in [7, 11) is 1.45. The van der Waals surface area contributed by atoms with E-state index in [-0.39, 0.29) is 5.56 Å². The fourth-order valence-electron chi connectivity index (χ4n) is 2.99. The zero-order valence-corrected chi connectivity index (χ0v) is 14.6. The number of aliphatic hydroxyl groups is 1. The molecule has 0 spiro atoms. The van der Waals surface area contributed by atoms with E-state index >= 15 is 0 Å². The molecule has 24 heavy (non-hydrogen) atoms. The van der Waals surface area contributed by atoms with Gasteiger partial charge in [-0.15, -0.1) is 0 Å². The summed E-state index contributed by atoms with van der Waals surface area (Å²) in [6.45, 7) is 5.48. The first-order valence-corrected chi connectivity index (χ1v) is 8.16. The molecule has 0 radical (unpaired) electrons. The van der Waals surface area contributed by atoms with Crippen molar-refractivity contribution in [1.82, 2.24) is 9.78 Å². The van der Waals surface area contributed by atoms with E-state index in [0.717, 1.165) is 11.1 Å². The highest BCUT2D eigenvalue weighted by molar-refractivity contribution is 6.05. The molecular weight excluding hydrogens is 309 g/mol. The summed E-state index contributed by atoms with van der Waals surface area (Å²) >= 11 is 0. The molecule has 1 aromatic heterocycles. The molecule has 0 bridgehead atoms. The third-order valence-electron chi connectivity index (χ3n) is 4.30. The first kappa shape index (κ1) is 18.1.